The van der Waals surface area contributed by atoms with Crippen LogP contribution in [0.3, 0.4) is 0 Å². The molecule has 2 amide bonds. The minimum Gasteiger partial charge on any atom is -0.444 e. The maximum atomic E-state index is 12.9. The van der Waals surface area contributed by atoms with E-state index in [9.17, 15) is 9.59 Å². The first kappa shape index (κ1) is 21.5. The van der Waals surface area contributed by atoms with Crippen molar-refractivity contribution in [2.45, 2.75) is 79.1 Å². The lowest BCUT2D eigenvalue weighted by Gasteiger charge is -2.30. The summed E-state index contributed by atoms with van der Waals surface area (Å²) in [6, 6.07) is -0.197. The van der Waals surface area contributed by atoms with Crippen LogP contribution in [-0.4, -0.2) is 52.4 Å². The van der Waals surface area contributed by atoms with Gasteiger partial charge in [-0.3, -0.25) is 0 Å². The van der Waals surface area contributed by atoms with Crippen LogP contribution in [0.4, 0.5) is 14.7 Å². The van der Waals surface area contributed by atoms with Crippen LogP contribution in [0.25, 0.3) is 0 Å². The fraction of sp³-hybridized carbons (Fsp3) is 0.737. The second-order valence-electron chi connectivity index (χ2n) is 8.86. The van der Waals surface area contributed by atoms with Gasteiger partial charge in [0.05, 0.1) is 11.7 Å². The van der Waals surface area contributed by atoms with Crippen molar-refractivity contribution in [1.82, 2.24) is 9.88 Å². The highest BCUT2D eigenvalue weighted by molar-refractivity contribution is 7.15. The summed E-state index contributed by atoms with van der Waals surface area (Å²) in [7, 11) is 0. The minimum absolute atomic E-state index is 0.197. The number of hydrogen-bond donors (Lipinski definition) is 0. The van der Waals surface area contributed by atoms with Gasteiger partial charge in [-0.25, -0.2) is 19.5 Å². The molecule has 0 spiro atoms. The molecule has 1 atom stereocenters. The lowest BCUT2D eigenvalue weighted by molar-refractivity contribution is 0.0287. The van der Waals surface area contributed by atoms with Gasteiger partial charge in [-0.15, -0.1) is 11.3 Å². The number of aryl methyl sites for hydroxylation is 2. The lowest BCUT2D eigenvalue weighted by Crippen LogP contribution is -2.45. The first-order valence-electron chi connectivity index (χ1n) is 9.21. The summed E-state index contributed by atoms with van der Waals surface area (Å²) in [5.74, 6) is 0. The second-order valence-corrected chi connectivity index (χ2v) is 10.0. The predicted octanol–water partition coefficient (Wildman–Crippen LogP) is 4.51. The Labute approximate surface area is 165 Å². The number of thiazole rings is 1. The molecule has 27 heavy (non-hydrogen) atoms. The molecule has 1 saturated heterocycles. The monoisotopic (exact) mass is 397 g/mol. The van der Waals surface area contributed by atoms with Crippen LogP contribution in [0.2, 0.25) is 0 Å². The Kier molecular flexibility index (Phi) is 6.09. The SMILES string of the molecule is Cc1nc(N(C(=O)OC(C)(C)C)C2CCN(C(=O)OC(C)(C)C)C2)sc1C. The minimum atomic E-state index is -0.611. The van der Waals surface area contributed by atoms with Crippen LogP contribution in [0.5, 0.6) is 0 Å². The summed E-state index contributed by atoms with van der Waals surface area (Å²) in [5, 5.41) is 0.607. The van der Waals surface area contributed by atoms with E-state index in [1.807, 2.05) is 55.4 Å². The van der Waals surface area contributed by atoms with Crippen molar-refractivity contribution >= 4 is 28.7 Å². The number of hydrogen-bond acceptors (Lipinski definition) is 6. The Hall–Kier alpha value is -1.83. The smallest absolute Gasteiger partial charge is 0.416 e. The Bertz CT molecular complexity index is 683. The average Bonchev–Trinajstić information content (AvgIpc) is 3.04. The van der Waals surface area contributed by atoms with Gasteiger partial charge in [0.1, 0.15) is 11.2 Å². The van der Waals surface area contributed by atoms with Crippen LogP contribution < -0.4 is 4.90 Å². The number of aromatic nitrogens is 1. The molecule has 0 radical (unpaired) electrons. The molecule has 0 aromatic carbocycles. The van der Waals surface area contributed by atoms with Gasteiger partial charge in [-0.05, 0) is 61.8 Å². The van der Waals surface area contributed by atoms with E-state index in [1.165, 1.54) is 11.3 Å². The maximum Gasteiger partial charge on any atom is 0.416 e. The first-order chi connectivity index (χ1) is 12.3. The molecule has 0 aliphatic carbocycles. The highest BCUT2D eigenvalue weighted by atomic mass is 32.1. The molecule has 0 N–H and O–H groups in total. The molecular formula is C19H31N3O4S. The Morgan fingerprint density at radius 1 is 1.11 bits per heavy atom. The molecule has 1 unspecified atom stereocenters. The van der Waals surface area contributed by atoms with Crippen LogP contribution in [0.1, 0.15) is 58.5 Å². The number of anilines is 1. The van der Waals surface area contributed by atoms with Crippen LogP contribution in [0.15, 0.2) is 0 Å². The van der Waals surface area contributed by atoms with Gasteiger partial charge in [0.15, 0.2) is 5.13 Å². The summed E-state index contributed by atoms with van der Waals surface area (Å²) in [4.78, 5) is 34.1. The van der Waals surface area contributed by atoms with Crippen molar-refractivity contribution in [2.75, 3.05) is 18.0 Å². The topological polar surface area (TPSA) is 72.0 Å². The molecule has 1 aliphatic heterocycles. The summed E-state index contributed by atoms with van der Waals surface area (Å²) in [5.41, 5.74) is -0.269. The van der Waals surface area contributed by atoms with Gasteiger partial charge in [0.2, 0.25) is 0 Å². The fourth-order valence-electron chi connectivity index (χ4n) is 2.70. The molecule has 0 saturated carbocycles. The lowest BCUT2D eigenvalue weighted by atomic mass is 10.2. The Morgan fingerprint density at radius 2 is 1.70 bits per heavy atom. The number of carbonyl (C=O) groups excluding carboxylic acids is 2. The maximum absolute atomic E-state index is 12.9. The number of carbonyl (C=O) groups is 2. The van der Waals surface area contributed by atoms with Crippen LogP contribution >= 0.6 is 11.3 Å². The molecule has 8 heteroatoms. The molecule has 7 nitrogen and oxygen atoms in total. The first-order valence-corrected chi connectivity index (χ1v) is 10.0. The Balaban J connectivity index is 2.22. The largest absolute Gasteiger partial charge is 0.444 e. The number of rotatable bonds is 2. The van der Waals surface area contributed by atoms with E-state index in [1.54, 1.807) is 9.80 Å². The van der Waals surface area contributed by atoms with E-state index >= 15 is 0 Å². The highest BCUT2D eigenvalue weighted by Gasteiger charge is 2.38. The van der Waals surface area contributed by atoms with E-state index in [0.29, 0.717) is 24.6 Å². The summed E-state index contributed by atoms with van der Waals surface area (Å²) in [6.07, 6.45) is -0.149. The molecule has 1 aromatic rings. The zero-order valence-electron chi connectivity index (χ0n) is 17.6. The third-order valence-corrected chi connectivity index (χ3v) is 5.07. The second kappa shape index (κ2) is 7.66. The number of nitrogens with zero attached hydrogens (tertiary/aromatic N) is 3. The van der Waals surface area contributed by atoms with E-state index in [-0.39, 0.29) is 12.1 Å². The van der Waals surface area contributed by atoms with Crippen molar-refractivity contribution in [1.29, 1.82) is 0 Å². The molecule has 1 aliphatic rings. The molecule has 2 rings (SSSR count). The molecule has 1 aromatic heterocycles. The van der Waals surface area contributed by atoms with Gasteiger partial charge in [-0.1, -0.05) is 0 Å². The van der Waals surface area contributed by atoms with Gasteiger partial charge in [0, 0.05) is 18.0 Å². The Morgan fingerprint density at radius 3 is 2.19 bits per heavy atom. The van der Waals surface area contributed by atoms with Gasteiger partial charge < -0.3 is 14.4 Å². The molecule has 0 bridgehead atoms. The number of amides is 2. The molecule has 1 fully saturated rings. The third kappa shape index (κ3) is 5.82. The third-order valence-electron chi connectivity index (χ3n) is 3.99. The number of ether oxygens (including phenoxy) is 2. The molecular weight excluding hydrogens is 366 g/mol. The van der Waals surface area contributed by atoms with E-state index in [4.69, 9.17) is 9.47 Å². The summed E-state index contributed by atoms with van der Waals surface area (Å²) < 4.78 is 11.1. The van der Waals surface area contributed by atoms with Gasteiger partial charge in [0.25, 0.3) is 0 Å². The average molecular weight is 398 g/mol. The normalized spacial score (nSPS) is 17.8. The van der Waals surface area contributed by atoms with Crippen LogP contribution in [-0.2, 0) is 9.47 Å². The molecule has 152 valence electrons. The van der Waals surface area contributed by atoms with E-state index < -0.39 is 17.3 Å². The van der Waals surface area contributed by atoms with E-state index in [2.05, 4.69) is 4.98 Å². The van der Waals surface area contributed by atoms with E-state index in [0.717, 1.165) is 10.6 Å². The highest BCUT2D eigenvalue weighted by Crippen LogP contribution is 2.31. The van der Waals surface area contributed by atoms with Gasteiger partial charge in [-0.2, -0.15) is 0 Å². The summed E-state index contributed by atoms with van der Waals surface area (Å²) >= 11 is 1.46. The summed E-state index contributed by atoms with van der Waals surface area (Å²) in [6.45, 7) is 15.9. The van der Waals surface area contributed by atoms with Crippen molar-refractivity contribution in [3.8, 4) is 0 Å². The zero-order chi connectivity index (χ0) is 20.6. The van der Waals surface area contributed by atoms with Crippen molar-refractivity contribution < 1.29 is 19.1 Å². The van der Waals surface area contributed by atoms with Crippen molar-refractivity contribution in [2.24, 2.45) is 0 Å². The fourth-order valence-corrected chi connectivity index (χ4v) is 3.67. The molecule has 2 heterocycles. The predicted molar refractivity (Wildman–Crippen MR) is 107 cm³/mol. The van der Waals surface area contributed by atoms with Crippen LogP contribution in [0, 0.1) is 13.8 Å². The van der Waals surface area contributed by atoms with Gasteiger partial charge >= 0.3 is 12.2 Å². The standard InChI is InChI=1S/C19H31N3O4S/c1-12-13(2)27-15(20-12)22(17(24)26-19(6,7)8)14-9-10-21(11-14)16(23)25-18(3,4)5/h14H,9-11H2,1-8H3. The van der Waals surface area contributed by atoms with Crippen molar-refractivity contribution in [3.63, 3.8) is 0 Å². The quantitative estimate of drug-likeness (QED) is 0.734. The zero-order valence-corrected chi connectivity index (χ0v) is 18.4. The van der Waals surface area contributed by atoms with Crippen molar-refractivity contribution in [3.05, 3.63) is 10.6 Å². The number of likely N-dealkylation sites (tertiary alicyclic amines) is 1.